The number of hydrogen-bond acceptors (Lipinski definition) is 3. The highest BCUT2D eigenvalue weighted by molar-refractivity contribution is 6.41. The number of pyridine rings is 1. The maximum Gasteiger partial charge on any atom is 0.257 e. The number of nitrogens with zero attached hydrogens (tertiary/aromatic N) is 2. The van der Waals surface area contributed by atoms with Crippen LogP contribution in [0.1, 0.15) is 34.6 Å². The van der Waals surface area contributed by atoms with Crippen molar-refractivity contribution in [2.75, 3.05) is 18.4 Å². The highest BCUT2D eigenvalue weighted by Crippen LogP contribution is 2.24. The summed E-state index contributed by atoms with van der Waals surface area (Å²) in [6.45, 7) is 4.98. The van der Waals surface area contributed by atoms with Crippen molar-refractivity contribution in [3.63, 3.8) is 0 Å². The predicted octanol–water partition coefficient (Wildman–Crippen LogP) is 4.78. The van der Waals surface area contributed by atoms with Crippen LogP contribution in [0.4, 0.5) is 5.69 Å². The molecule has 1 aromatic carbocycles. The molecule has 2 aromatic rings. The molecule has 2 amide bonds. The van der Waals surface area contributed by atoms with Crippen LogP contribution >= 0.6 is 34.8 Å². The molecule has 2 rings (SSSR count). The third-order valence-electron chi connectivity index (χ3n) is 3.57. The van der Waals surface area contributed by atoms with Crippen LogP contribution in [0.3, 0.4) is 0 Å². The Kier molecular flexibility index (Phi) is 6.64. The van der Waals surface area contributed by atoms with Gasteiger partial charge in [0.1, 0.15) is 5.15 Å². The lowest BCUT2D eigenvalue weighted by atomic mass is 10.1. The maximum atomic E-state index is 12.4. The fourth-order valence-corrected chi connectivity index (χ4v) is 2.73. The summed E-state index contributed by atoms with van der Waals surface area (Å²) in [4.78, 5) is 30.1. The van der Waals surface area contributed by atoms with E-state index in [1.54, 1.807) is 17.0 Å². The number of benzene rings is 1. The summed E-state index contributed by atoms with van der Waals surface area (Å²) in [7, 11) is 0. The molecule has 0 spiro atoms. The number of carbonyl (C=O) groups excluding carboxylic acids is 2. The van der Waals surface area contributed by atoms with E-state index in [1.807, 2.05) is 13.8 Å². The zero-order valence-electron chi connectivity index (χ0n) is 13.6. The molecule has 0 unspecified atom stereocenters. The van der Waals surface area contributed by atoms with Gasteiger partial charge in [0, 0.05) is 25.0 Å². The molecule has 0 atom stereocenters. The van der Waals surface area contributed by atoms with E-state index in [1.165, 1.54) is 18.3 Å². The summed E-state index contributed by atoms with van der Waals surface area (Å²) in [5.41, 5.74) is 1.10. The van der Waals surface area contributed by atoms with Gasteiger partial charge in [-0.25, -0.2) is 4.98 Å². The average molecular weight is 401 g/mol. The topological polar surface area (TPSA) is 62.3 Å². The first-order chi connectivity index (χ1) is 11.9. The second-order valence-corrected chi connectivity index (χ2v) is 6.30. The first kappa shape index (κ1) is 19.5. The summed E-state index contributed by atoms with van der Waals surface area (Å²) in [5.74, 6) is -0.563. The SMILES string of the molecule is CCN(CC)C(=O)c1ccc(NC(=O)c2cnc(Cl)c(Cl)c2)cc1Cl. The zero-order chi connectivity index (χ0) is 18.6. The Morgan fingerprint density at radius 1 is 1.08 bits per heavy atom. The Labute approximate surface area is 160 Å². The standard InChI is InChI=1S/C17H16Cl3N3O2/c1-3-23(4-2)17(25)12-6-5-11(8-13(12)18)22-16(24)10-7-14(19)15(20)21-9-10/h5-9H,3-4H2,1-2H3,(H,22,24). The summed E-state index contributed by atoms with van der Waals surface area (Å²) in [6.07, 6.45) is 1.32. The lowest BCUT2D eigenvalue weighted by molar-refractivity contribution is 0.0773. The largest absolute Gasteiger partial charge is 0.339 e. The number of nitrogens with one attached hydrogen (secondary N) is 1. The normalized spacial score (nSPS) is 10.4. The third-order valence-corrected chi connectivity index (χ3v) is 4.57. The molecule has 0 aliphatic carbocycles. The summed E-state index contributed by atoms with van der Waals surface area (Å²) in [5, 5.41) is 3.26. The van der Waals surface area contributed by atoms with Crippen LogP contribution in [-0.2, 0) is 0 Å². The predicted molar refractivity (Wildman–Crippen MR) is 101 cm³/mol. The second kappa shape index (κ2) is 8.52. The number of carbonyl (C=O) groups is 2. The van der Waals surface area contributed by atoms with Crippen molar-refractivity contribution in [2.45, 2.75) is 13.8 Å². The number of rotatable bonds is 5. The molecule has 5 nitrogen and oxygen atoms in total. The van der Waals surface area contributed by atoms with Crippen molar-refractivity contribution < 1.29 is 9.59 Å². The Morgan fingerprint density at radius 2 is 1.76 bits per heavy atom. The fourth-order valence-electron chi connectivity index (χ4n) is 2.20. The van der Waals surface area contributed by atoms with Gasteiger partial charge in [0.05, 0.1) is 21.2 Å². The van der Waals surface area contributed by atoms with E-state index in [0.29, 0.717) is 24.3 Å². The van der Waals surface area contributed by atoms with Crippen molar-refractivity contribution >= 4 is 52.3 Å². The van der Waals surface area contributed by atoms with E-state index in [4.69, 9.17) is 34.8 Å². The van der Waals surface area contributed by atoms with E-state index < -0.39 is 5.91 Å². The van der Waals surface area contributed by atoms with Gasteiger partial charge in [-0.15, -0.1) is 0 Å². The molecule has 0 aliphatic rings. The molecule has 1 N–H and O–H groups in total. The zero-order valence-corrected chi connectivity index (χ0v) is 15.9. The lowest BCUT2D eigenvalue weighted by Crippen LogP contribution is -2.30. The molecule has 1 aromatic heterocycles. The van der Waals surface area contributed by atoms with Gasteiger partial charge in [-0.1, -0.05) is 34.8 Å². The van der Waals surface area contributed by atoms with Crippen LogP contribution in [0.15, 0.2) is 30.5 Å². The Hall–Kier alpha value is -1.82. The van der Waals surface area contributed by atoms with Gasteiger partial charge < -0.3 is 10.2 Å². The van der Waals surface area contributed by atoms with Gasteiger partial charge in [0.25, 0.3) is 11.8 Å². The highest BCUT2D eigenvalue weighted by atomic mass is 35.5. The van der Waals surface area contributed by atoms with Gasteiger partial charge in [0.15, 0.2) is 0 Å². The van der Waals surface area contributed by atoms with Gasteiger partial charge in [0.2, 0.25) is 0 Å². The Morgan fingerprint density at radius 3 is 2.32 bits per heavy atom. The molecule has 0 fully saturated rings. The van der Waals surface area contributed by atoms with Crippen LogP contribution in [0, 0.1) is 0 Å². The minimum atomic E-state index is -0.412. The summed E-state index contributed by atoms with van der Waals surface area (Å²) >= 11 is 17.8. The molecule has 0 aliphatic heterocycles. The molecular formula is C17H16Cl3N3O2. The molecular weight excluding hydrogens is 385 g/mol. The first-order valence-electron chi connectivity index (χ1n) is 7.58. The molecule has 0 radical (unpaired) electrons. The van der Waals surface area contributed by atoms with Crippen LogP contribution in [0.25, 0.3) is 0 Å². The minimum absolute atomic E-state index is 0.125. The van der Waals surface area contributed by atoms with Crippen LogP contribution in [-0.4, -0.2) is 34.8 Å². The van der Waals surface area contributed by atoms with Gasteiger partial charge in [-0.3, -0.25) is 9.59 Å². The number of amides is 2. The van der Waals surface area contributed by atoms with Crippen molar-refractivity contribution in [1.82, 2.24) is 9.88 Å². The van der Waals surface area contributed by atoms with Crippen molar-refractivity contribution in [2.24, 2.45) is 0 Å². The molecule has 1 heterocycles. The van der Waals surface area contributed by atoms with Gasteiger partial charge >= 0.3 is 0 Å². The number of hydrogen-bond donors (Lipinski definition) is 1. The van der Waals surface area contributed by atoms with Crippen molar-refractivity contribution in [3.8, 4) is 0 Å². The lowest BCUT2D eigenvalue weighted by Gasteiger charge is -2.19. The van der Waals surface area contributed by atoms with Crippen LogP contribution in [0.5, 0.6) is 0 Å². The molecule has 0 bridgehead atoms. The van der Waals surface area contributed by atoms with Crippen LogP contribution < -0.4 is 5.32 Å². The quantitative estimate of drug-likeness (QED) is 0.735. The molecule has 8 heteroatoms. The van der Waals surface area contributed by atoms with Gasteiger partial charge in [-0.05, 0) is 38.1 Å². The highest BCUT2D eigenvalue weighted by Gasteiger charge is 2.17. The molecule has 0 saturated carbocycles. The Balaban J connectivity index is 2.18. The van der Waals surface area contributed by atoms with E-state index in [-0.39, 0.29) is 26.7 Å². The van der Waals surface area contributed by atoms with Crippen molar-refractivity contribution in [3.05, 3.63) is 56.8 Å². The van der Waals surface area contributed by atoms with Gasteiger partial charge in [-0.2, -0.15) is 0 Å². The van der Waals surface area contributed by atoms with E-state index in [0.717, 1.165) is 0 Å². The van der Waals surface area contributed by atoms with E-state index in [2.05, 4.69) is 10.3 Å². The maximum absolute atomic E-state index is 12.4. The second-order valence-electron chi connectivity index (χ2n) is 5.12. The van der Waals surface area contributed by atoms with Crippen molar-refractivity contribution in [1.29, 1.82) is 0 Å². The molecule has 25 heavy (non-hydrogen) atoms. The number of halogens is 3. The number of aromatic nitrogens is 1. The van der Waals surface area contributed by atoms with Crippen LogP contribution in [0.2, 0.25) is 15.2 Å². The average Bonchev–Trinajstić information content (AvgIpc) is 2.58. The van der Waals surface area contributed by atoms with E-state index in [9.17, 15) is 9.59 Å². The Bertz CT molecular complexity index is 808. The fraction of sp³-hybridized carbons (Fsp3) is 0.235. The smallest absolute Gasteiger partial charge is 0.257 e. The number of anilines is 1. The minimum Gasteiger partial charge on any atom is -0.339 e. The monoisotopic (exact) mass is 399 g/mol. The van der Waals surface area contributed by atoms with E-state index >= 15 is 0 Å². The first-order valence-corrected chi connectivity index (χ1v) is 8.72. The molecule has 0 saturated heterocycles. The summed E-state index contributed by atoms with van der Waals surface area (Å²) < 4.78 is 0. The summed E-state index contributed by atoms with van der Waals surface area (Å²) in [6, 6.07) is 6.16. The molecule has 132 valence electrons. The third kappa shape index (κ3) is 4.63.